The molecule has 36 heavy (non-hydrogen) atoms. The van der Waals surface area contributed by atoms with Gasteiger partial charge in [-0.05, 0) is 57.4 Å². The molecule has 0 saturated heterocycles. The summed E-state index contributed by atoms with van der Waals surface area (Å²) in [5, 5.41) is 12.5. The SMILES string of the molecule is Cc1cnn(CC2c3c(OCc4nnn(C)c4C(F)F)ccc(Cl)c3CCN2C(=O)OC(C)(C)C)c1. The molecule has 0 aliphatic carbocycles. The van der Waals surface area contributed by atoms with Gasteiger partial charge in [0.1, 0.15) is 29.3 Å². The number of hydrogen-bond acceptors (Lipinski definition) is 6. The summed E-state index contributed by atoms with van der Waals surface area (Å²) in [6.07, 6.45) is 0.869. The van der Waals surface area contributed by atoms with Crippen LogP contribution in [0.2, 0.25) is 5.02 Å². The summed E-state index contributed by atoms with van der Waals surface area (Å²) in [5.74, 6) is 0.419. The number of carbonyl (C=O) groups is 1. The Bertz CT molecular complexity index is 1250. The van der Waals surface area contributed by atoms with Crippen molar-refractivity contribution in [1.29, 1.82) is 0 Å². The number of nitrogens with zero attached hydrogens (tertiary/aromatic N) is 6. The van der Waals surface area contributed by atoms with Crippen molar-refractivity contribution in [2.45, 2.75) is 65.3 Å². The molecule has 2 aromatic heterocycles. The van der Waals surface area contributed by atoms with E-state index in [-0.39, 0.29) is 18.0 Å². The largest absolute Gasteiger partial charge is 0.487 e. The van der Waals surface area contributed by atoms with E-state index in [0.29, 0.717) is 35.8 Å². The number of carbonyl (C=O) groups excluding carboxylic acids is 1. The molecule has 12 heteroatoms. The average Bonchev–Trinajstić information content (AvgIpc) is 3.37. The van der Waals surface area contributed by atoms with Crippen LogP contribution in [0.1, 0.15) is 61.3 Å². The quantitative estimate of drug-likeness (QED) is 0.451. The molecule has 3 aromatic rings. The van der Waals surface area contributed by atoms with E-state index in [1.165, 1.54) is 7.05 Å². The maximum Gasteiger partial charge on any atom is 0.410 e. The number of rotatable bonds is 6. The first-order valence-corrected chi connectivity index (χ1v) is 11.9. The van der Waals surface area contributed by atoms with Crippen LogP contribution >= 0.6 is 11.6 Å². The topological polar surface area (TPSA) is 87.3 Å². The molecule has 0 spiro atoms. The fraction of sp³-hybridized carbons (Fsp3) is 0.500. The number of amides is 1. The van der Waals surface area contributed by atoms with E-state index in [2.05, 4.69) is 15.4 Å². The van der Waals surface area contributed by atoms with Gasteiger partial charge < -0.3 is 9.47 Å². The number of aromatic nitrogens is 5. The Morgan fingerprint density at radius 1 is 1.31 bits per heavy atom. The highest BCUT2D eigenvalue weighted by Crippen LogP contribution is 2.42. The molecule has 0 bridgehead atoms. The second-order valence-electron chi connectivity index (χ2n) is 9.75. The lowest BCUT2D eigenvalue weighted by atomic mass is 9.91. The fourth-order valence-corrected chi connectivity index (χ4v) is 4.56. The maximum absolute atomic E-state index is 13.5. The zero-order valence-electron chi connectivity index (χ0n) is 20.8. The van der Waals surface area contributed by atoms with Crippen molar-refractivity contribution < 1.29 is 23.0 Å². The third kappa shape index (κ3) is 5.45. The first-order chi connectivity index (χ1) is 16.9. The zero-order valence-corrected chi connectivity index (χ0v) is 21.6. The van der Waals surface area contributed by atoms with Crippen LogP contribution < -0.4 is 4.74 Å². The molecule has 9 nitrogen and oxygen atoms in total. The van der Waals surface area contributed by atoms with Gasteiger partial charge in [-0.2, -0.15) is 5.10 Å². The van der Waals surface area contributed by atoms with E-state index in [4.69, 9.17) is 21.1 Å². The number of benzene rings is 1. The third-order valence-electron chi connectivity index (χ3n) is 5.84. The van der Waals surface area contributed by atoms with Crippen LogP contribution in [0, 0.1) is 6.92 Å². The van der Waals surface area contributed by atoms with E-state index in [1.807, 2.05) is 33.9 Å². The normalized spacial score (nSPS) is 15.8. The van der Waals surface area contributed by atoms with Crippen molar-refractivity contribution in [3.05, 3.63) is 57.6 Å². The van der Waals surface area contributed by atoms with E-state index in [1.54, 1.807) is 27.9 Å². The van der Waals surface area contributed by atoms with Crippen LogP contribution in [0.25, 0.3) is 0 Å². The molecule has 1 unspecified atom stereocenters. The minimum Gasteiger partial charge on any atom is -0.487 e. The van der Waals surface area contributed by atoms with E-state index in [9.17, 15) is 13.6 Å². The van der Waals surface area contributed by atoms with Crippen LogP contribution in [0.3, 0.4) is 0 Å². The van der Waals surface area contributed by atoms with Gasteiger partial charge in [0, 0.05) is 30.4 Å². The molecule has 1 aromatic carbocycles. The molecular weight excluding hydrogens is 494 g/mol. The first-order valence-electron chi connectivity index (χ1n) is 11.5. The number of aryl methyl sites for hydroxylation is 2. The fourth-order valence-electron chi connectivity index (χ4n) is 4.30. The van der Waals surface area contributed by atoms with Crippen molar-refractivity contribution in [2.75, 3.05) is 6.54 Å². The lowest BCUT2D eigenvalue weighted by Gasteiger charge is -2.39. The standard InChI is InChI=1S/C24H29ClF2N6O3/c1-14-10-28-32(11-14)12-18-20-15(8-9-33(18)23(34)36-24(2,3)4)16(25)6-7-19(20)35-13-17-21(22(26)27)31(5)30-29-17/h6-7,10-11,18,22H,8-9,12-13H2,1-5H3. The summed E-state index contributed by atoms with van der Waals surface area (Å²) < 4.78 is 41.5. The monoisotopic (exact) mass is 522 g/mol. The predicted octanol–water partition coefficient (Wildman–Crippen LogP) is 5.02. The Morgan fingerprint density at radius 2 is 2.06 bits per heavy atom. The van der Waals surface area contributed by atoms with Gasteiger partial charge in [0.15, 0.2) is 0 Å². The van der Waals surface area contributed by atoms with Gasteiger partial charge in [-0.25, -0.2) is 18.3 Å². The molecule has 1 aliphatic rings. The summed E-state index contributed by atoms with van der Waals surface area (Å²) in [6.45, 7) is 7.84. The summed E-state index contributed by atoms with van der Waals surface area (Å²) in [7, 11) is 1.41. The number of ether oxygens (including phenoxy) is 2. The predicted molar refractivity (Wildman–Crippen MR) is 128 cm³/mol. The highest BCUT2D eigenvalue weighted by atomic mass is 35.5. The van der Waals surface area contributed by atoms with Crippen molar-refractivity contribution in [2.24, 2.45) is 7.05 Å². The molecule has 0 N–H and O–H groups in total. The molecule has 194 valence electrons. The van der Waals surface area contributed by atoms with Crippen molar-refractivity contribution in [3.8, 4) is 5.75 Å². The first kappa shape index (κ1) is 25.9. The van der Waals surface area contributed by atoms with E-state index >= 15 is 0 Å². The Kier molecular flexibility index (Phi) is 7.21. The second-order valence-corrected chi connectivity index (χ2v) is 10.2. The van der Waals surface area contributed by atoms with Crippen LogP contribution in [-0.2, 0) is 31.4 Å². The van der Waals surface area contributed by atoms with Crippen LogP contribution in [0.4, 0.5) is 13.6 Å². The van der Waals surface area contributed by atoms with Gasteiger partial charge >= 0.3 is 6.09 Å². The van der Waals surface area contributed by atoms with E-state index < -0.39 is 24.2 Å². The number of halogens is 3. The minimum atomic E-state index is -2.75. The molecule has 1 amide bonds. The Labute approximate surface area is 212 Å². The molecule has 0 radical (unpaired) electrons. The summed E-state index contributed by atoms with van der Waals surface area (Å²) >= 11 is 6.57. The molecular formula is C24H29ClF2N6O3. The van der Waals surface area contributed by atoms with Crippen molar-refractivity contribution in [3.63, 3.8) is 0 Å². The highest BCUT2D eigenvalue weighted by molar-refractivity contribution is 6.31. The number of hydrogen-bond donors (Lipinski definition) is 0. The highest BCUT2D eigenvalue weighted by Gasteiger charge is 2.37. The molecule has 0 fully saturated rings. The van der Waals surface area contributed by atoms with Gasteiger partial charge in [-0.3, -0.25) is 9.58 Å². The van der Waals surface area contributed by atoms with Crippen LogP contribution in [0.15, 0.2) is 24.5 Å². The molecule has 3 heterocycles. The van der Waals surface area contributed by atoms with Gasteiger partial charge in [-0.1, -0.05) is 16.8 Å². The average molecular weight is 523 g/mol. The van der Waals surface area contributed by atoms with Gasteiger partial charge in [0.05, 0.1) is 18.8 Å². The molecule has 4 rings (SSSR count). The smallest absolute Gasteiger partial charge is 0.410 e. The summed E-state index contributed by atoms with van der Waals surface area (Å²) in [4.78, 5) is 14.9. The Hall–Kier alpha value is -3.21. The minimum absolute atomic E-state index is 0.0373. The Morgan fingerprint density at radius 3 is 2.69 bits per heavy atom. The maximum atomic E-state index is 13.5. The molecule has 0 saturated carbocycles. The second kappa shape index (κ2) is 10.0. The molecule has 1 atom stereocenters. The van der Waals surface area contributed by atoms with Gasteiger partial charge in [-0.15, -0.1) is 5.10 Å². The van der Waals surface area contributed by atoms with Gasteiger partial charge in [0.25, 0.3) is 6.43 Å². The number of fused-ring (bicyclic) bond motifs is 1. The molecule has 1 aliphatic heterocycles. The third-order valence-corrected chi connectivity index (χ3v) is 6.19. The van der Waals surface area contributed by atoms with Crippen molar-refractivity contribution in [1.82, 2.24) is 29.7 Å². The van der Waals surface area contributed by atoms with Crippen LogP contribution in [0.5, 0.6) is 5.75 Å². The van der Waals surface area contributed by atoms with Crippen LogP contribution in [-0.4, -0.2) is 47.9 Å². The lowest BCUT2D eigenvalue weighted by molar-refractivity contribution is 0.0115. The number of alkyl halides is 2. The van der Waals surface area contributed by atoms with Gasteiger partial charge in [0.2, 0.25) is 0 Å². The summed E-state index contributed by atoms with van der Waals surface area (Å²) in [6, 6.07) is 2.87. The zero-order chi connectivity index (χ0) is 26.2. The van der Waals surface area contributed by atoms with Crippen molar-refractivity contribution >= 4 is 17.7 Å². The Balaban J connectivity index is 1.73. The van der Waals surface area contributed by atoms with E-state index in [0.717, 1.165) is 15.8 Å². The lowest BCUT2D eigenvalue weighted by Crippen LogP contribution is -2.44. The summed E-state index contributed by atoms with van der Waals surface area (Å²) in [5.41, 5.74) is 1.54.